The minimum atomic E-state index is -1.28. The fourth-order valence-electron chi connectivity index (χ4n) is 7.36. The topological polar surface area (TPSA) is 77.9 Å². The molecular formula is C30H26N2O4. The van der Waals surface area contributed by atoms with Gasteiger partial charge in [0.1, 0.15) is 5.78 Å². The van der Waals surface area contributed by atoms with Gasteiger partial charge in [-0.3, -0.25) is 14.4 Å². The fraction of sp³-hybridized carbons (Fsp3) is 0.300. The Bertz CT molecular complexity index is 1390. The molecule has 1 saturated carbocycles. The molecule has 0 radical (unpaired) electrons. The Hall–Kier alpha value is -3.77. The predicted octanol–water partition coefficient (Wildman–Crippen LogP) is 3.93. The molecular weight excluding hydrogens is 452 g/mol. The summed E-state index contributed by atoms with van der Waals surface area (Å²) in [5.74, 6) is -1.21. The third-order valence-corrected chi connectivity index (χ3v) is 8.74. The second-order valence-electron chi connectivity index (χ2n) is 10.5. The number of aliphatic hydroxyl groups is 1. The van der Waals surface area contributed by atoms with Gasteiger partial charge < -0.3 is 14.9 Å². The summed E-state index contributed by atoms with van der Waals surface area (Å²) in [6.07, 6.45) is 0.709. The highest BCUT2D eigenvalue weighted by Crippen LogP contribution is 2.58. The van der Waals surface area contributed by atoms with Crippen molar-refractivity contribution in [3.05, 3.63) is 107 Å². The van der Waals surface area contributed by atoms with Crippen LogP contribution in [0.4, 0.5) is 0 Å². The van der Waals surface area contributed by atoms with Crippen LogP contribution in [0.15, 0.2) is 84.9 Å². The number of ketones is 1. The lowest BCUT2D eigenvalue weighted by Gasteiger charge is -2.49. The van der Waals surface area contributed by atoms with E-state index < -0.39 is 29.6 Å². The van der Waals surface area contributed by atoms with E-state index in [0.29, 0.717) is 11.1 Å². The lowest BCUT2D eigenvalue weighted by atomic mass is 9.75. The largest absolute Gasteiger partial charge is 0.389 e. The van der Waals surface area contributed by atoms with Gasteiger partial charge in [0.05, 0.1) is 46.8 Å². The van der Waals surface area contributed by atoms with Gasteiger partial charge in [-0.2, -0.15) is 0 Å². The van der Waals surface area contributed by atoms with Gasteiger partial charge in [0.25, 0.3) is 11.8 Å². The van der Waals surface area contributed by atoms with Crippen LogP contribution in [-0.4, -0.2) is 50.2 Å². The SMILES string of the molecule is O=C1C[C@H](c2ccccc2)N2C(=O)c3ccccc3C(=O)N3[C@@H](c4ccccc4)C[C@]4(O)C[C@H]3[C@H]2[C@H]14. The third kappa shape index (κ3) is 2.85. The molecule has 0 spiro atoms. The van der Waals surface area contributed by atoms with Crippen LogP contribution < -0.4 is 0 Å². The lowest BCUT2D eigenvalue weighted by molar-refractivity contribution is -0.139. The number of nitrogens with zero attached hydrogens (tertiary/aromatic N) is 2. The van der Waals surface area contributed by atoms with E-state index in [-0.39, 0.29) is 42.9 Å². The number of carbonyl (C=O) groups is 3. The summed E-state index contributed by atoms with van der Waals surface area (Å²) < 4.78 is 0. The van der Waals surface area contributed by atoms with Gasteiger partial charge >= 0.3 is 0 Å². The first-order valence-electron chi connectivity index (χ1n) is 12.6. The van der Waals surface area contributed by atoms with Crippen molar-refractivity contribution in [1.29, 1.82) is 0 Å². The second kappa shape index (κ2) is 7.61. The summed E-state index contributed by atoms with van der Waals surface area (Å²) in [6, 6.07) is 24.5. The van der Waals surface area contributed by atoms with Gasteiger partial charge in [-0.15, -0.1) is 0 Å². The van der Waals surface area contributed by atoms with Crippen molar-refractivity contribution >= 4 is 17.6 Å². The Morgan fingerprint density at radius 3 is 1.81 bits per heavy atom. The molecule has 3 heterocycles. The van der Waals surface area contributed by atoms with Gasteiger partial charge in [-0.05, 0) is 29.7 Å². The van der Waals surface area contributed by atoms with Gasteiger partial charge in [0.15, 0.2) is 0 Å². The van der Waals surface area contributed by atoms with Gasteiger partial charge in [0.2, 0.25) is 0 Å². The van der Waals surface area contributed by atoms with Crippen molar-refractivity contribution in [3.63, 3.8) is 0 Å². The molecule has 4 aliphatic rings. The standard InChI is InChI=1S/C30H26N2O4/c33-25-15-22(18-9-3-1-4-10-18)32-27-24-17-30(36,26(25)27)16-23(19-11-5-2-6-12-19)31(24)28(34)20-13-7-8-14-21(20)29(32)35/h1-14,22-24,26-27,36H,15-17H2/t22-,23-,24+,26+,27+,30+/m1/s1. The van der Waals surface area contributed by atoms with E-state index in [9.17, 15) is 19.5 Å². The number of fused-ring (bicyclic) bond motifs is 3. The molecule has 6 nitrogen and oxygen atoms in total. The zero-order valence-corrected chi connectivity index (χ0v) is 19.7. The summed E-state index contributed by atoms with van der Waals surface area (Å²) in [7, 11) is 0. The maximum atomic E-state index is 14.2. The number of benzene rings is 3. The van der Waals surface area contributed by atoms with Crippen molar-refractivity contribution < 1.29 is 19.5 Å². The van der Waals surface area contributed by atoms with Crippen LogP contribution in [0, 0.1) is 5.92 Å². The molecule has 6 atom stereocenters. The highest BCUT2D eigenvalue weighted by molar-refractivity contribution is 6.09. The van der Waals surface area contributed by atoms with Gasteiger partial charge in [0, 0.05) is 12.8 Å². The van der Waals surface area contributed by atoms with Crippen LogP contribution in [0.2, 0.25) is 0 Å². The first-order valence-corrected chi connectivity index (χ1v) is 12.6. The highest BCUT2D eigenvalue weighted by atomic mass is 16.3. The summed E-state index contributed by atoms with van der Waals surface area (Å²) in [4.78, 5) is 45.8. The lowest BCUT2D eigenvalue weighted by Crippen LogP contribution is -2.61. The van der Waals surface area contributed by atoms with Crippen LogP contribution in [0.25, 0.3) is 0 Å². The molecule has 2 bridgehead atoms. The van der Waals surface area contributed by atoms with E-state index in [0.717, 1.165) is 11.1 Å². The average molecular weight is 479 g/mol. The third-order valence-electron chi connectivity index (χ3n) is 8.74. The Morgan fingerprint density at radius 2 is 1.19 bits per heavy atom. The van der Waals surface area contributed by atoms with Crippen LogP contribution >= 0.6 is 0 Å². The van der Waals surface area contributed by atoms with Crippen molar-refractivity contribution in [2.45, 2.75) is 49.0 Å². The van der Waals surface area contributed by atoms with Crippen molar-refractivity contribution in [3.8, 4) is 0 Å². The molecule has 180 valence electrons. The molecule has 1 aliphatic carbocycles. The first-order chi connectivity index (χ1) is 17.5. The van der Waals surface area contributed by atoms with Crippen LogP contribution in [-0.2, 0) is 4.79 Å². The molecule has 0 unspecified atom stereocenters. The van der Waals surface area contributed by atoms with Crippen molar-refractivity contribution in [1.82, 2.24) is 9.80 Å². The second-order valence-corrected chi connectivity index (χ2v) is 10.5. The number of piperidine rings is 2. The van der Waals surface area contributed by atoms with E-state index >= 15 is 0 Å². The Morgan fingerprint density at radius 1 is 0.667 bits per heavy atom. The van der Waals surface area contributed by atoms with E-state index in [2.05, 4.69) is 0 Å². The molecule has 6 heteroatoms. The maximum Gasteiger partial charge on any atom is 0.255 e. The maximum absolute atomic E-state index is 14.2. The summed E-state index contributed by atoms with van der Waals surface area (Å²) in [6.45, 7) is 0. The molecule has 36 heavy (non-hydrogen) atoms. The average Bonchev–Trinajstić information content (AvgIpc) is 3.15. The number of hydrogen-bond acceptors (Lipinski definition) is 4. The van der Waals surface area contributed by atoms with Gasteiger partial charge in [-0.25, -0.2) is 0 Å². The number of amides is 2. The number of Topliss-reactive ketones (excluding diaryl/α,β-unsaturated/α-hetero) is 1. The first kappa shape index (κ1) is 21.5. The Balaban J connectivity index is 1.49. The number of rotatable bonds is 2. The number of carbonyl (C=O) groups excluding carboxylic acids is 3. The molecule has 0 aromatic heterocycles. The molecule has 2 saturated heterocycles. The van der Waals surface area contributed by atoms with E-state index in [1.807, 2.05) is 70.5 Å². The van der Waals surface area contributed by atoms with Gasteiger partial charge in [-0.1, -0.05) is 72.8 Å². The molecule has 7 rings (SSSR count). The molecule has 3 aliphatic heterocycles. The smallest absolute Gasteiger partial charge is 0.255 e. The van der Waals surface area contributed by atoms with Crippen molar-refractivity contribution in [2.75, 3.05) is 0 Å². The Labute approximate surface area is 209 Å². The summed E-state index contributed by atoms with van der Waals surface area (Å²) in [5, 5.41) is 12.0. The van der Waals surface area contributed by atoms with Crippen LogP contribution in [0.5, 0.6) is 0 Å². The molecule has 3 fully saturated rings. The molecule has 3 aromatic rings. The minimum absolute atomic E-state index is 0.0297. The van der Waals surface area contributed by atoms with E-state index in [1.165, 1.54) is 0 Å². The van der Waals surface area contributed by atoms with Crippen LogP contribution in [0.3, 0.4) is 0 Å². The Kier molecular flexibility index (Phi) is 4.55. The van der Waals surface area contributed by atoms with E-state index in [1.54, 1.807) is 24.3 Å². The normalized spacial score (nSPS) is 32.7. The quantitative estimate of drug-likeness (QED) is 0.606. The van der Waals surface area contributed by atoms with Crippen LogP contribution in [0.1, 0.15) is 63.2 Å². The summed E-state index contributed by atoms with van der Waals surface area (Å²) >= 11 is 0. The highest BCUT2D eigenvalue weighted by Gasteiger charge is 2.68. The van der Waals surface area contributed by atoms with Crippen molar-refractivity contribution in [2.24, 2.45) is 5.92 Å². The predicted molar refractivity (Wildman–Crippen MR) is 132 cm³/mol. The number of hydrogen-bond donors (Lipinski definition) is 1. The monoisotopic (exact) mass is 478 g/mol. The van der Waals surface area contributed by atoms with E-state index in [4.69, 9.17) is 0 Å². The molecule has 1 N–H and O–H groups in total. The minimum Gasteiger partial charge on any atom is -0.389 e. The molecule has 2 amide bonds. The zero-order chi connectivity index (χ0) is 24.6. The molecule has 3 aromatic carbocycles. The fourth-order valence-corrected chi connectivity index (χ4v) is 7.36. The zero-order valence-electron chi connectivity index (χ0n) is 19.7. The summed E-state index contributed by atoms with van der Waals surface area (Å²) in [5.41, 5.74) is 1.27.